The molecule has 0 aliphatic carbocycles. The first-order chi connectivity index (χ1) is 11.6. The lowest BCUT2D eigenvalue weighted by atomic mass is 9.97. The van der Waals surface area contributed by atoms with Crippen molar-refractivity contribution in [2.24, 2.45) is 11.7 Å². The smallest absolute Gasteiger partial charge is 0.236 e. The Labute approximate surface area is 143 Å². The maximum absolute atomic E-state index is 12.5. The molecule has 0 aromatic heterocycles. The average molecular weight is 327 g/mol. The van der Waals surface area contributed by atoms with Gasteiger partial charge in [0, 0.05) is 26.2 Å². The number of nitrogens with two attached hydrogens (primary N) is 1. The Balaban J connectivity index is 1.53. The number of carbonyl (C=O) groups excluding carboxylic acids is 2. The molecule has 2 heterocycles. The maximum Gasteiger partial charge on any atom is 0.236 e. The minimum atomic E-state index is -0.291. The quantitative estimate of drug-likeness (QED) is 0.911. The van der Waals surface area contributed by atoms with Gasteiger partial charge in [0.25, 0.3) is 0 Å². The van der Waals surface area contributed by atoms with Crippen molar-refractivity contribution in [2.45, 2.75) is 19.3 Å². The lowest BCUT2D eigenvalue weighted by molar-refractivity contribution is -0.135. The van der Waals surface area contributed by atoms with Crippen LogP contribution in [0.1, 0.15) is 24.8 Å². The number of piperidine rings is 1. The third-order valence-electron chi connectivity index (χ3n) is 4.97. The Morgan fingerprint density at radius 3 is 2.62 bits per heavy atom. The first-order valence-electron chi connectivity index (χ1n) is 8.67. The van der Waals surface area contributed by atoms with E-state index >= 15 is 0 Å². The molecule has 2 aliphatic rings. The number of benzene rings is 1. The fraction of sp³-hybridized carbons (Fsp3) is 0.474. The van der Waals surface area contributed by atoms with Crippen molar-refractivity contribution in [2.75, 3.05) is 32.7 Å². The molecule has 1 fully saturated rings. The van der Waals surface area contributed by atoms with Crippen LogP contribution in [-0.4, -0.2) is 54.3 Å². The van der Waals surface area contributed by atoms with Gasteiger partial charge in [0.2, 0.25) is 11.8 Å². The van der Waals surface area contributed by atoms with E-state index in [1.807, 2.05) is 6.07 Å². The van der Waals surface area contributed by atoms with Gasteiger partial charge in [-0.2, -0.15) is 0 Å². The number of hydrogen-bond acceptors (Lipinski definition) is 3. The molecule has 3 rings (SSSR count). The van der Waals surface area contributed by atoms with Gasteiger partial charge in [-0.05, 0) is 30.4 Å². The summed E-state index contributed by atoms with van der Waals surface area (Å²) in [6.45, 7) is 3.32. The van der Waals surface area contributed by atoms with Crippen LogP contribution in [0.25, 0.3) is 5.57 Å². The second kappa shape index (κ2) is 7.62. The van der Waals surface area contributed by atoms with Crippen LogP contribution in [-0.2, 0) is 9.59 Å². The van der Waals surface area contributed by atoms with Gasteiger partial charge in [0.1, 0.15) is 0 Å². The van der Waals surface area contributed by atoms with E-state index in [-0.39, 0.29) is 17.7 Å². The number of rotatable bonds is 4. The topological polar surface area (TPSA) is 66.6 Å². The molecule has 5 nitrogen and oxygen atoms in total. The van der Waals surface area contributed by atoms with E-state index in [1.165, 1.54) is 11.1 Å². The molecule has 1 saturated heterocycles. The predicted molar refractivity (Wildman–Crippen MR) is 94.0 cm³/mol. The van der Waals surface area contributed by atoms with Crippen LogP contribution >= 0.6 is 0 Å². The predicted octanol–water partition coefficient (Wildman–Crippen LogP) is 1.50. The summed E-state index contributed by atoms with van der Waals surface area (Å²) in [6.07, 6.45) is 4.83. The largest absolute Gasteiger partial charge is 0.369 e. The van der Waals surface area contributed by atoms with E-state index in [4.69, 9.17) is 5.73 Å². The van der Waals surface area contributed by atoms with Crippen LogP contribution in [0.3, 0.4) is 0 Å². The first-order valence-corrected chi connectivity index (χ1v) is 8.67. The van der Waals surface area contributed by atoms with Crippen LogP contribution in [0.15, 0.2) is 36.4 Å². The number of primary amides is 1. The second-order valence-electron chi connectivity index (χ2n) is 6.66. The highest BCUT2D eigenvalue weighted by atomic mass is 16.2. The molecule has 0 spiro atoms. The van der Waals surface area contributed by atoms with Crippen LogP contribution in [0, 0.1) is 5.92 Å². The zero-order valence-corrected chi connectivity index (χ0v) is 14.0. The van der Waals surface area contributed by atoms with Crippen molar-refractivity contribution >= 4 is 17.4 Å². The maximum atomic E-state index is 12.5. The number of amides is 2. The van der Waals surface area contributed by atoms with Crippen molar-refractivity contribution in [3.63, 3.8) is 0 Å². The van der Waals surface area contributed by atoms with E-state index < -0.39 is 0 Å². The van der Waals surface area contributed by atoms with Crippen molar-refractivity contribution in [1.29, 1.82) is 0 Å². The summed E-state index contributed by atoms with van der Waals surface area (Å²) in [7, 11) is 0. The summed E-state index contributed by atoms with van der Waals surface area (Å²) in [5.41, 5.74) is 8.01. The lowest BCUT2D eigenvalue weighted by Crippen LogP contribution is -2.48. The van der Waals surface area contributed by atoms with Crippen LogP contribution < -0.4 is 5.73 Å². The van der Waals surface area contributed by atoms with Gasteiger partial charge < -0.3 is 10.6 Å². The molecule has 0 unspecified atom stereocenters. The summed E-state index contributed by atoms with van der Waals surface area (Å²) in [5.74, 6) is -0.368. The Hall–Kier alpha value is -2.14. The molecule has 2 N–H and O–H groups in total. The van der Waals surface area contributed by atoms with Crippen molar-refractivity contribution in [3.8, 4) is 0 Å². The molecule has 2 aliphatic heterocycles. The van der Waals surface area contributed by atoms with Crippen molar-refractivity contribution < 1.29 is 9.59 Å². The first kappa shape index (κ1) is 16.7. The molecular weight excluding hydrogens is 302 g/mol. The summed E-state index contributed by atoms with van der Waals surface area (Å²) in [5, 5.41) is 0. The van der Waals surface area contributed by atoms with Crippen molar-refractivity contribution in [3.05, 3.63) is 42.0 Å². The van der Waals surface area contributed by atoms with E-state index in [2.05, 4.69) is 35.2 Å². The third kappa shape index (κ3) is 4.03. The Kier molecular flexibility index (Phi) is 5.30. The molecule has 1 aromatic rings. The molecule has 0 saturated carbocycles. The van der Waals surface area contributed by atoms with Gasteiger partial charge in [-0.25, -0.2) is 0 Å². The highest BCUT2D eigenvalue weighted by Gasteiger charge is 2.28. The fourth-order valence-corrected chi connectivity index (χ4v) is 3.50. The zero-order valence-electron chi connectivity index (χ0n) is 14.0. The highest BCUT2D eigenvalue weighted by molar-refractivity contribution is 5.81. The third-order valence-corrected chi connectivity index (χ3v) is 4.97. The van der Waals surface area contributed by atoms with E-state index in [9.17, 15) is 9.59 Å². The van der Waals surface area contributed by atoms with Gasteiger partial charge in [0.15, 0.2) is 0 Å². The average Bonchev–Trinajstić information content (AvgIpc) is 2.63. The van der Waals surface area contributed by atoms with Gasteiger partial charge >= 0.3 is 0 Å². The van der Waals surface area contributed by atoms with Crippen LogP contribution in [0.2, 0.25) is 0 Å². The molecule has 0 bridgehead atoms. The monoisotopic (exact) mass is 327 g/mol. The minimum Gasteiger partial charge on any atom is -0.369 e. The van der Waals surface area contributed by atoms with E-state index in [0.29, 0.717) is 13.1 Å². The second-order valence-corrected chi connectivity index (χ2v) is 6.66. The lowest BCUT2D eigenvalue weighted by Gasteiger charge is -2.33. The Bertz CT molecular complexity index is 627. The number of likely N-dealkylation sites (tertiary alicyclic amines) is 1. The molecule has 128 valence electrons. The molecule has 1 aromatic carbocycles. The van der Waals surface area contributed by atoms with Crippen LogP contribution in [0.4, 0.5) is 0 Å². The van der Waals surface area contributed by atoms with E-state index in [0.717, 1.165) is 38.9 Å². The number of nitrogens with zero attached hydrogens (tertiary/aromatic N) is 2. The summed E-state index contributed by atoms with van der Waals surface area (Å²) >= 11 is 0. The summed E-state index contributed by atoms with van der Waals surface area (Å²) in [4.78, 5) is 27.8. The molecule has 5 heteroatoms. The van der Waals surface area contributed by atoms with Gasteiger partial charge in [0.05, 0.1) is 12.5 Å². The Morgan fingerprint density at radius 2 is 1.96 bits per heavy atom. The molecule has 1 atom stereocenters. The molecule has 0 radical (unpaired) electrons. The number of carbonyl (C=O) groups is 2. The van der Waals surface area contributed by atoms with Crippen molar-refractivity contribution in [1.82, 2.24) is 9.80 Å². The minimum absolute atomic E-state index is 0.109. The summed E-state index contributed by atoms with van der Waals surface area (Å²) in [6, 6.07) is 10.4. The SMILES string of the molecule is NC(=O)[C@H]1CCCN(C(=O)CN2CC=C(c3ccccc3)CC2)C1. The highest BCUT2D eigenvalue weighted by Crippen LogP contribution is 2.22. The molecular formula is C19H25N3O2. The standard InChI is InChI=1S/C19H25N3O2/c20-19(24)17-7-4-10-22(13-17)18(23)14-21-11-8-16(9-12-21)15-5-2-1-3-6-15/h1-3,5-6,8,17H,4,7,9-14H2,(H2,20,24)/t17-/m0/s1. The van der Waals surface area contributed by atoms with E-state index in [1.54, 1.807) is 4.90 Å². The van der Waals surface area contributed by atoms with Gasteiger partial charge in [-0.1, -0.05) is 36.4 Å². The van der Waals surface area contributed by atoms with Gasteiger partial charge in [-0.3, -0.25) is 14.5 Å². The fourth-order valence-electron chi connectivity index (χ4n) is 3.50. The van der Waals surface area contributed by atoms with Crippen LogP contribution in [0.5, 0.6) is 0 Å². The Morgan fingerprint density at radius 1 is 1.17 bits per heavy atom. The molecule has 2 amide bonds. The zero-order chi connectivity index (χ0) is 16.9. The molecule has 24 heavy (non-hydrogen) atoms. The number of hydrogen-bond donors (Lipinski definition) is 1. The van der Waals surface area contributed by atoms with Gasteiger partial charge in [-0.15, -0.1) is 0 Å². The normalized spacial score (nSPS) is 22.1. The summed E-state index contributed by atoms with van der Waals surface area (Å²) < 4.78 is 0.